The molecule has 6 atom stereocenters. The van der Waals surface area contributed by atoms with E-state index in [9.17, 15) is 0 Å². The molecular formula is C30H38O6. The highest BCUT2D eigenvalue weighted by atomic mass is 16.6. The van der Waals surface area contributed by atoms with Crippen molar-refractivity contribution in [1.82, 2.24) is 0 Å². The minimum Gasteiger partial charge on any atom is -0.376 e. The molecule has 1 saturated carbocycles. The molecule has 0 aromatic heterocycles. The molecule has 3 rings (SSSR count). The van der Waals surface area contributed by atoms with E-state index in [1.54, 1.807) is 25.3 Å². The predicted molar refractivity (Wildman–Crippen MR) is 141 cm³/mol. The SMILES string of the molecule is C=CCO[C@@H]1[C@@H](OCc2ccccc2)[C@H](OCC=C)[C@@H](OCc2ccccc2)[C@@H](OC)[C@H]1OCC=C. The summed E-state index contributed by atoms with van der Waals surface area (Å²) in [5.41, 5.74) is 2.09. The molecule has 6 heteroatoms. The van der Waals surface area contributed by atoms with Gasteiger partial charge >= 0.3 is 0 Å². The number of hydrogen-bond acceptors (Lipinski definition) is 6. The molecule has 0 aliphatic heterocycles. The van der Waals surface area contributed by atoms with Crippen molar-refractivity contribution in [2.45, 2.75) is 49.8 Å². The van der Waals surface area contributed by atoms with Gasteiger partial charge < -0.3 is 28.4 Å². The molecule has 2 aromatic rings. The van der Waals surface area contributed by atoms with Gasteiger partial charge in [-0.1, -0.05) is 78.9 Å². The molecule has 0 heterocycles. The lowest BCUT2D eigenvalue weighted by molar-refractivity contribution is -0.277. The zero-order valence-corrected chi connectivity index (χ0v) is 21.1. The molecule has 0 N–H and O–H groups in total. The van der Waals surface area contributed by atoms with Crippen LogP contribution in [0.4, 0.5) is 0 Å². The van der Waals surface area contributed by atoms with Gasteiger partial charge in [0.1, 0.15) is 36.6 Å². The molecule has 194 valence electrons. The summed E-state index contributed by atoms with van der Waals surface area (Å²) in [6.45, 7) is 13.2. The van der Waals surface area contributed by atoms with Crippen LogP contribution in [-0.2, 0) is 41.6 Å². The predicted octanol–water partition coefficient (Wildman–Crippen LogP) is 4.90. The quantitative estimate of drug-likeness (QED) is 0.310. The van der Waals surface area contributed by atoms with Crippen LogP contribution in [0, 0.1) is 0 Å². The van der Waals surface area contributed by atoms with Crippen molar-refractivity contribution in [1.29, 1.82) is 0 Å². The van der Waals surface area contributed by atoms with Gasteiger partial charge in [-0.2, -0.15) is 0 Å². The van der Waals surface area contributed by atoms with Crippen molar-refractivity contribution in [2.24, 2.45) is 0 Å². The zero-order chi connectivity index (χ0) is 25.6. The summed E-state index contributed by atoms with van der Waals surface area (Å²) in [7, 11) is 1.65. The van der Waals surface area contributed by atoms with Crippen LogP contribution >= 0.6 is 0 Å². The molecule has 1 aliphatic rings. The van der Waals surface area contributed by atoms with Crippen molar-refractivity contribution in [3.05, 3.63) is 110 Å². The third-order valence-electron chi connectivity index (χ3n) is 6.01. The van der Waals surface area contributed by atoms with E-state index in [0.717, 1.165) is 11.1 Å². The standard InChI is InChI=1S/C30H38O6/c1-5-18-32-26-25(31-4)27(35-21-23-14-10-8-11-15-23)29(34-20-7-3)30(28(26)33-19-6-2)36-22-24-16-12-9-13-17-24/h5-17,25-30H,1-3,18-22H2,4H3/t25-,26+,27-,28-,29+,30+/m0/s1. The van der Waals surface area contributed by atoms with Crippen LogP contribution in [0.3, 0.4) is 0 Å². The average Bonchev–Trinajstić information content (AvgIpc) is 2.92. The minimum absolute atomic E-state index is 0.323. The fraction of sp³-hybridized carbons (Fsp3) is 0.400. The molecule has 0 amide bonds. The third kappa shape index (κ3) is 7.71. The van der Waals surface area contributed by atoms with Crippen molar-refractivity contribution < 1.29 is 28.4 Å². The molecule has 2 aromatic carbocycles. The average molecular weight is 495 g/mol. The Bertz CT molecular complexity index is 902. The Morgan fingerprint density at radius 2 is 0.861 bits per heavy atom. The summed E-state index contributed by atoms with van der Waals surface area (Å²) in [5, 5.41) is 0. The maximum absolute atomic E-state index is 6.51. The minimum atomic E-state index is -0.507. The molecule has 1 aliphatic carbocycles. The first kappa shape index (κ1) is 28.0. The third-order valence-corrected chi connectivity index (χ3v) is 6.01. The number of hydrogen-bond donors (Lipinski definition) is 0. The largest absolute Gasteiger partial charge is 0.376 e. The zero-order valence-electron chi connectivity index (χ0n) is 21.1. The molecular weight excluding hydrogens is 456 g/mol. The highest BCUT2D eigenvalue weighted by Gasteiger charge is 2.54. The molecule has 0 spiro atoms. The molecule has 0 radical (unpaired) electrons. The van der Waals surface area contributed by atoms with Gasteiger partial charge in [0.2, 0.25) is 0 Å². The second kappa shape index (κ2) is 15.5. The molecule has 0 unspecified atom stereocenters. The van der Waals surface area contributed by atoms with E-state index in [1.165, 1.54) is 0 Å². The maximum Gasteiger partial charge on any atom is 0.116 e. The van der Waals surface area contributed by atoms with Crippen LogP contribution in [0.2, 0.25) is 0 Å². The second-order valence-corrected chi connectivity index (χ2v) is 8.48. The van der Waals surface area contributed by atoms with Crippen LogP contribution in [-0.4, -0.2) is 63.6 Å². The fourth-order valence-corrected chi connectivity index (χ4v) is 4.41. The number of ether oxygens (including phenoxy) is 6. The van der Waals surface area contributed by atoms with Gasteiger partial charge in [0.25, 0.3) is 0 Å². The van der Waals surface area contributed by atoms with Crippen LogP contribution in [0.15, 0.2) is 98.6 Å². The van der Waals surface area contributed by atoms with Crippen LogP contribution in [0.25, 0.3) is 0 Å². The molecule has 36 heavy (non-hydrogen) atoms. The monoisotopic (exact) mass is 494 g/mol. The number of methoxy groups -OCH3 is 1. The highest BCUT2D eigenvalue weighted by molar-refractivity contribution is 5.15. The smallest absolute Gasteiger partial charge is 0.116 e. The van der Waals surface area contributed by atoms with Crippen LogP contribution in [0.1, 0.15) is 11.1 Å². The lowest BCUT2D eigenvalue weighted by Gasteiger charge is -2.49. The first-order valence-corrected chi connectivity index (χ1v) is 12.2. The summed E-state index contributed by atoms with van der Waals surface area (Å²) in [5.74, 6) is 0. The van der Waals surface area contributed by atoms with Gasteiger partial charge in [-0.15, -0.1) is 19.7 Å². The van der Waals surface area contributed by atoms with E-state index in [-0.39, 0.29) is 0 Å². The van der Waals surface area contributed by atoms with Gasteiger partial charge in [0.15, 0.2) is 0 Å². The highest BCUT2D eigenvalue weighted by Crippen LogP contribution is 2.34. The van der Waals surface area contributed by atoms with E-state index in [4.69, 9.17) is 28.4 Å². The molecule has 6 nitrogen and oxygen atoms in total. The van der Waals surface area contributed by atoms with Crippen molar-refractivity contribution in [2.75, 3.05) is 26.9 Å². The van der Waals surface area contributed by atoms with Crippen molar-refractivity contribution in [3.63, 3.8) is 0 Å². The Labute approximate surface area is 215 Å². The Morgan fingerprint density at radius 3 is 1.22 bits per heavy atom. The van der Waals surface area contributed by atoms with E-state index in [0.29, 0.717) is 33.0 Å². The van der Waals surface area contributed by atoms with Gasteiger partial charge in [-0.3, -0.25) is 0 Å². The van der Waals surface area contributed by atoms with Gasteiger partial charge in [-0.25, -0.2) is 0 Å². The topological polar surface area (TPSA) is 55.4 Å². The summed E-state index contributed by atoms with van der Waals surface area (Å²) in [6, 6.07) is 20.0. The van der Waals surface area contributed by atoms with E-state index < -0.39 is 36.6 Å². The van der Waals surface area contributed by atoms with Gasteiger partial charge in [0, 0.05) is 7.11 Å². The fourth-order valence-electron chi connectivity index (χ4n) is 4.41. The first-order chi connectivity index (χ1) is 17.7. The van der Waals surface area contributed by atoms with E-state index >= 15 is 0 Å². The van der Waals surface area contributed by atoms with Crippen molar-refractivity contribution >= 4 is 0 Å². The normalized spacial score (nSPS) is 25.8. The second-order valence-electron chi connectivity index (χ2n) is 8.48. The van der Waals surface area contributed by atoms with Crippen LogP contribution in [0.5, 0.6) is 0 Å². The summed E-state index contributed by atoms with van der Waals surface area (Å²) in [6.07, 6.45) is 2.16. The summed E-state index contributed by atoms with van der Waals surface area (Å²) >= 11 is 0. The lowest BCUT2D eigenvalue weighted by atomic mass is 9.83. The summed E-state index contributed by atoms with van der Waals surface area (Å²) < 4.78 is 37.8. The summed E-state index contributed by atoms with van der Waals surface area (Å²) in [4.78, 5) is 0. The number of benzene rings is 2. The molecule has 1 fully saturated rings. The van der Waals surface area contributed by atoms with Gasteiger partial charge in [0.05, 0.1) is 33.0 Å². The van der Waals surface area contributed by atoms with E-state index in [1.807, 2.05) is 60.7 Å². The lowest BCUT2D eigenvalue weighted by Crippen LogP contribution is -2.67. The van der Waals surface area contributed by atoms with Crippen LogP contribution < -0.4 is 0 Å². The molecule has 0 bridgehead atoms. The van der Waals surface area contributed by atoms with Crippen molar-refractivity contribution in [3.8, 4) is 0 Å². The maximum atomic E-state index is 6.51. The van der Waals surface area contributed by atoms with E-state index in [2.05, 4.69) is 19.7 Å². The Hall–Kier alpha value is -2.58. The Balaban J connectivity index is 1.96. The molecule has 0 saturated heterocycles. The number of rotatable bonds is 16. The Morgan fingerprint density at radius 1 is 0.528 bits per heavy atom. The Kier molecular flexibility index (Phi) is 12.1. The first-order valence-electron chi connectivity index (χ1n) is 12.2. The van der Waals surface area contributed by atoms with Gasteiger partial charge in [-0.05, 0) is 11.1 Å².